The maximum atomic E-state index is 10.8. The minimum absolute atomic E-state index is 0.0355. The van der Waals surface area contributed by atoms with Crippen molar-refractivity contribution in [3.8, 4) is 0 Å². The number of hydrogen-bond donors (Lipinski definition) is 6. The van der Waals surface area contributed by atoms with Crippen molar-refractivity contribution in [2.24, 2.45) is 74.2 Å². The molecule has 0 aromatic heterocycles. The first-order valence-electron chi connectivity index (χ1n) is 17.6. The largest absolute Gasteiger partial charge is 0.396 e. The summed E-state index contributed by atoms with van der Waals surface area (Å²) < 4.78 is 0. The molecule has 244 valence electrons. The van der Waals surface area contributed by atoms with Gasteiger partial charge in [0, 0.05) is 13.2 Å². The number of fused-ring (bicyclic) bond motifs is 7. The molecule has 6 heteroatoms. The summed E-state index contributed by atoms with van der Waals surface area (Å²) in [6, 6.07) is 0. The Hall–Kier alpha value is -0.240. The smallest absolute Gasteiger partial charge is 0.109 e. The van der Waals surface area contributed by atoms with Gasteiger partial charge in [-0.2, -0.15) is 0 Å². The van der Waals surface area contributed by atoms with E-state index in [1.807, 2.05) is 0 Å². The van der Waals surface area contributed by atoms with E-state index in [2.05, 4.69) is 48.5 Å². The first-order valence-corrected chi connectivity index (χ1v) is 17.6. The van der Waals surface area contributed by atoms with Crippen LogP contribution < -0.4 is 5.73 Å². The van der Waals surface area contributed by atoms with Crippen molar-refractivity contribution >= 4 is 0 Å². The third-order valence-corrected chi connectivity index (χ3v) is 16.3. The molecule has 0 aromatic rings. The fourth-order valence-corrected chi connectivity index (χ4v) is 13.4. The van der Waals surface area contributed by atoms with Crippen molar-refractivity contribution in [1.82, 2.24) is 0 Å². The van der Waals surface area contributed by atoms with Crippen molar-refractivity contribution in [2.75, 3.05) is 13.2 Å². The Morgan fingerprint density at radius 1 is 0.667 bits per heavy atom. The van der Waals surface area contributed by atoms with Gasteiger partial charge in [0.15, 0.2) is 0 Å². The van der Waals surface area contributed by atoms with Crippen LogP contribution in [0.25, 0.3) is 0 Å². The Bertz CT molecular complexity index is 974. The highest BCUT2D eigenvalue weighted by atomic mass is 16.4. The fourth-order valence-electron chi connectivity index (χ4n) is 13.4. The molecule has 5 rings (SSSR count). The molecule has 0 bridgehead atoms. The lowest BCUT2D eigenvalue weighted by molar-refractivity contribution is -0.246. The SMILES string of the molecule is C[C@H]1CC[C@@]2(C)[C@H](CC[C@]3(C)[C@@H]2CC[C@@H]2[C@@]4(C)CC[C@H]([C@H](CO)C[C@H](O)[C@H](O)[C@H](O)[C@H](O)CN)[C@@H]4CC[C@]23C)C1(C)C. The van der Waals surface area contributed by atoms with Gasteiger partial charge in [-0.25, -0.2) is 0 Å². The first-order chi connectivity index (χ1) is 19.5. The van der Waals surface area contributed by atoms with E-state index in [0.29, 0.717) is 39.4 Å². The molecule has 0 saturated heterocycles. The lowest BCUT2D eigenvalue weighted by atomic mass is 9.31. The molecule has 0 aliphatic heterocycles. The van der Waals surface area contributed by atoms with E-state index in [1.165, 1.54) is 51.4 Å². The predicted molar refractivity (Wildman–Crippen MR) is 167 cm³/mol. The molecule has 7 N–H and O–H groups in total. The van der Waals surface area contributed by atoms with Crippen LogP contribution in [-0.2, 0) is 0 Å². The molecular weight excluding hydrogens is 526 g/mol. The van der Waals surface area contributed by atoms with E-state index in [9.17, 15) is 25.5 Å². The molecule has 6 nitrogen and oxygen atoms in total. The number of rotatable bonds is 8. The normalized spacial score (nSPS) is 49.9. The summed E-state index contributed by atoms with van der Waals surface area (Å²) in [5.74, 6) is 3.71. The molecule has 5 aliphatic carbocycles. The summed E-state index contributed by atoms with van der Waals surface area (Å²) in [5.41, 5.74) is 7.16. The molecule has 5 fully saturated rings. The molecular formula is C36H65NO5. The van der Waals surface area contributed by atoms with Gasteiger partial charge in [-0.1, -0.05) is 48.5 Å². The van der Waals surface area contributed by atoms with Crippen LogP contribution in [0.2, 0.25) is 0 Å². The van der Waals surface area contributed by atoms with Crippen LogP contribution in [0, 0.1) is 68.5 Å². The Balaban J connectivity index is 1.36. The summed E-state index contributed by atoms with van der Waals surface area (Å²) in [4.78, 5) is 0. The number of aliphatic hydroxyl groups excluding tert-OH is 5. The van der Waals surface area contributed by atoms with Gasteiger partial charge in [0.05, 0.1) is 12.2 Å². The quantitative estimate of drug-likeness (QED) is 0.233. The van der Waals surface area contributed by atoms with Gasteiger partial charge in [-0.05, 0) is 139 Å². The average molecular weight is 592 g/mol. The summed E-state index contributed by atoms with van der Waals surface area (Å²) >= 11 is 0. The summed E-state index contributed by atoms with van der Waals surface area (Å²) in [6.45, 7) is 18.0. The second kappa shape index (κ2) is 11.2. The highest BCUT2D eigenvalue weighted by Crippen LogP contribution is 2.78. The second-order valence-corrected chi connectivity index (χ2v) is 17.8. The van der Waals surface area contributed by atoms with Gasteiger partial charge in [0.25, 0.3) is 0 Å². The maximum Gasteiger partial charge on any atom is 0.109 e. The van der Waals surface area contributed by atoms with E-state index in [-0.39, 0.29) is 30.9 Å². The van der Waals surface area contributed by atoms with Crippen LogP contribution in [0.15, 0.2) is 0 Å². The number of hydrogen-bond acceptors (Lipinski definition) is 6. The van der Waals surface area contributed by atoms with Crippen molar-refractivity contribution in [3.63, 3.8) is 0 Å². The zero-order valence-corrected chi connectivity index (χ0v) is 27.9. The number of aliphatic hydroxyl groups is 5. The first kappa shape index (κ1) is 33.1. The molecule has 0 heterocycles. The van der Waals surface area contributed by atoms with Gasteiger partial charge < -0.3 is 31.3 Å². The van der Waals surface area contributed by atoms with Gasteiger partial charge >= 0.3 is 0 Å². The lowest BCUT2D eigenvalue weighted by Crippen LogP contribution is -2.66. The van der Waals surface area contributed by atoms with Gasteiger partial charge in [0.1, 0.15) is 12.2 Å². The zero-order chi connectivity index (χ0) is 31.0. The monoisotopic (exact) mass is 591 g/mol. The van der Waals surface area contributed by atoms with Crippen LogP contribution in [0.1, 0.15) is 119 Å². The van der Waals surface area contributed by atoms with Crippen LogP contribution in [0.4, 0.5) is 0 Å². The number of nitrogens with two attached hydrogens (primary N) is 1. The van der Waals surface area contributed by atoms with E-state index >= 15 is 0 Å². The molecule has 0 aromatic carbocycles. The molecule has 42 heavy (non-hydrogen) atoms. The highest BCUT2D eigenvalue weighted by Gasteiger charge is 2.70. The van der Waals surface area contributed by atoms with Crippen LogP contribution in [0.3, 0.4) is 0 Å². The van der Waals surface area contributed by atoms with Gasteiger partial charge in [0.2, 0.25) is 0 Å². The zero-order valence-electron chi connectivity index (χ0n) is 27.9. The summed E-state index contributed by atoms with van der Waals surface area (Å²) in [7, 11) is 0. The minimum Gasteiger partial charge on any atom is -0.396 e. The summed E-state index contributed by atoms with van der Waals surface area (Å²) in [5, 5.41) is 52.1. The summed E-state index contributed by atoms with van der Waals surface area (Å²) in [6.07, 6.45) is 7.46. The Kier molecular flexibility index (Phi) is 8.86. The Labute approximate surface area is 256 Å². The Morgan fingerprint density at radius 3 is 1.81 bits per heavy atom. The molecule has 5 aliphatic rings. The molecule has 5 saturated carbocycles. The minimum atomic E-state index is -1.50. The molecule has 0 spiro atoms. The molecule has 15 atom stereocenters. The molecule has 0 amide bonds. The fraction of sp³-hybridized carbons (Fsp3) is 1.00. The third-order valence-electron chi connectivity index (χ3n) is 16.3. The van der Waals surface area contributed by atoms with E-state index in [4.69, 9.17) is 5.73 Å². The Morgan fingerprint density at radius 2 is 1.21 bits per heavy atom. The molecule has 0 radical (unpaired) electrons. The predicted octanol–water partition coefficient (Wildman–Crippen LogP) is 5.12. The maximum absolute atomic E-state index is 10.8. The van der Waals surface area contributed by atoms with Gasteiger partial charge in [-0.3, -0.25) is 0 Å². The van der Waals surface area contributed by atoms with Crippen molar-refractivity contribution in [1.29, 1.82) is 0 Å². The van der Waals surface area contributed by atoms with Crippen molar-refractivity contribution in [3.05, 3.63) is 0 Å². The highest BCUT2D eigenvalue weighted by molar-refractivity contribution is 5.19. The van der Waals surface area contributed by atoms with E-state index < -0.39 is 24.4 Å². The van der Waals surface area contributed by atoms with Crippen molar-refractivity contribution < 1.29 is 25.5 Å². The average Bonchev–Trinajstić information content (AvgIpc) is 3.29. The standard InChI is InChI=1S/C36H65NO5/c1-21-10-14-34(5)27(32(21,2)3)13-17-36(7)29(34)9-8-28-33(4)15-11-23(24(33)12-16-35(28,36)6)22(20-38)18-25(39)30(41)31(42)26(40)19-37/h21-31,38-42H,8-20,37H2,1-7H3/t21-,22-,23+,24-,25-,26+,27+,28+,29+,30-,31+,33-,34-,35+,36+/m0/s1. The van der Waals surface area contributed by atoms with Crippen LogP contribution >= 0.6 is 0 Å². The van der Waals surface area contributed by atoms with Crippen molar-refractivity contribution in [2.45, 2.75) is 144 Å². The third kappa shape index (κ3) is 4.62. The molecule has 0 unspecified atom stereocenters. The van der Waals surface area contributed by atoms with Crippen LogP contribution in [-0.4, -0.2) is 63.1 Å². The van der Waals surface area contributed by atoms with Gasteiger partial charge in [-0.15, -0.1) is 0 Å². The van der Waals surface area contributed by atoms with E-state index in [1.54, 1.807) is 0 Å². The second-order valence-electron chi connectivity index (χ2n) is 17.8. The topological polar surface area (TPSA) is 127 Å². The van der Waals surface area contributed by atoms with E-state index in [0.717, 1.165) is 30.6 Å². The lowest BCUT2D eigenvalue weighted by Gasteiger charge is -2.73. The van der Waals surface area contributed by atoms with Crippen LogP contribution in [0.5, 0.6) is 0 Å².